The molecule has 4 heteroatoms. The average molecular weight is 293 g/mol. The number of hydrogen-bond donors (Lipinski definition) is 1. The van der Waals surface area contributed by atoms with Crippen LogP contribution in [0.25, 0.3) is 0 Å². The molecule has 0 spiro atoms. The van der Waals surface area contributed by atoms with Crippen LogP contribution < -0.4 is 5.73 Å². The van der Waals surface area contributed by atoms with Gasteiger partial charge in [0.25, 0.3) is 0 Å². The van der Waals surface area contributed by atoms with Gasteiger partial charge in [0.1, 0.15) is 0 Å². The van der Waals surface area contributed by atoms with E-state index in [0.29, 0.717) is 11.3 Å². The molecule has 0 atom stereocenters. The van der Waals surface area contributed by atoms with Crippen LogP contribution in [0.4, 0.5) is 5.69 Å². The molecule has 1 aromatic rings. The van der Waals surface area contributed by atoms with E-state index >= 15 is 0 Å². The lowest BCUT2D eigenvalue weighted by Crippen LogP contribution is -2.00. The summed E-state index contributed by atoms with van der Waals surface area (Å²) in [6.45, 7) is 1.49. The molecule has 0 saturated heterocycles. The molecule has 2 N–H and O–H groups in total. The lowest BCUT2D eigenvalue weighted by molar-refractivity contribution is 0.101. The highest BCUT2D eigenvalue weighted by molar-refractivity contribution is 9.13. The Morgan fingerprint density at radius 2 is 2.00 bits per heavy atom. The number of nitrogens with two attached hydrogens (primary N) is 1. The third kappa shape index (κ3) is 1.69. The van der Waals surface area contributed by atoms with Crippen molar-refractivity contribution >= 4 is 43.3 Å². The first kappa shape index (κ1) is 9.74. The molecule has 0 saturated carbocycles. The van der Waals surface area contributed by atoms with Gasteiger partial charge in [-0.05, 0) is 50.9 Å². The molecular weight excluding hydrogens is 286 g/mol. The molecule has 2 nitrogen and oxygen atoms in total. The summed E-state index contributed by atoms with van der Waals surface area (Å²) in [5.41, 5.74) is 6.72. The predicted molar refractivity (Wildman–Crippen MR) is 56.3 cm³/mol. The highest BCUT2D eigenvalue weighted by Gasteiger charge is 2.09. The number of halogens is 2. The number of nitrogen functional groups attached to an aromatic ring is 1. The van der Waals surface area contributed by atoms with Crippen LogP contribution in [0, 0.1) is 0 Å². The largest absolute Gasteiger partial charge is 0.397 e. The van der Waals surface area contributed by atoms with Crippen LogP contribution in [0.5, 0.6) is 0 Å². The van der Waals surface area contributed by atoms with Crippen molar-refractivity contribution in [2.75, 3.05) is 5.73 Å². The van der Waals surface area contributed by atoms with Crippen molar-refractivity contribution in [2.24, 2.45) is 0 Å². The summed E-state index contributed by atoms with van der Waals surface area (Å²) in [7, 11) is 0. The van der Waals surface area contributed by atoms with Crippen LogP contribution in [0.3, 0.4) is 0 Å². The van der Waals surface area contributed by atoms with E-state index in [1.54, 1.807) is 12.1 Å². The highest BCUT2D eigenvalue weighted by atomic mass is 79.9. The quantitative estimate of drug-likeness (QED) is 0.639. The number of benzene rings is 1. The van der Waals surface area contributed by atoms with E-state index in [1.165, 1.54) is 6.92 Å². The molecule has 12 heavy (non-hydrogen) atoms. The summed E-state index contributed by atoms with van der Waals surface area (Å²) in [5.74, 6) is -0.0271. The van der Waals surface area contributed by atoms with Gasteiger partial charge in [-0.25, -0.2) is 0 Å². The second kappa shape index (κ2) is 3.58. The maximum Gasteiger partial charge on any atom is 0.161 e. The van der Waals surface area contributed by atoms with Crippen molar-refractivity contribution < 1.29 is 4.79 Å². The van der Waals surface area contributed by atoms with Gasteiger partial charge in [-0.1, -0.05) is 0 Å². The Hall–Kier alpha value is -0.350. The Balaban J connectivity index is 3.36. The summed E-state index contributed by atoms with van der Waals surface area (Å²) in [6, 6.07) is 3.49. The normalized spacial score (nSPS) is 9.92. The van der Waals surface area contributed by atoms with Crippen molar-refractivity contribution in [3.63, 3.8) is 0 Å². The van der Waals surface area contributed by atoms with Crippen LogP contribution in [-0.4, -0.2) is 5.78 Å². The van der Waals surface area contributed by atoms with Crippen LogP contribution in [0.15, 0.2) is 21.1 Å². The number of anilines is 1. The molecule has 1 rings (SSSR count). The molecule has 64 valence electrons. The Labute approximate surface area is 87.4 Å². The van der Waals surface area contributed by atoms with Gasteiger partial charge < -0.3 is 5.73 Å². The predicted octanol–water partition coefficient (Wildman–Crippen LogP) is 3.00. The molecule has 0 aliphatic carbocycles. The highest BCUT2D eigenvalue weighted by Crippen LogP contribution is 2.31. The van der Waals surface area contributed by atoms with Gasteiger partial charge in [0.05, 0.1) is 10.2 Å². The van der Waals surface area contributed by atoms with Crippen LogP contribution in [-0.2, 0) is 0 Å². The van der Waals surface area contributed by atoms with E-state index < -0.39 is 0 Å². The monoisotopic (exact) mass is 291 g/mol. The number of rotatable bonds is 1. The first-order valence-corrected chi connectivity index (χ1v) is 4.87. The standard InChI is InChI=1S/C8H7Br2NO/c1-4(12)5-2-3-6(9)7(10)8(5)11/h2-3H,11H2,1H3. The summed E-state index contributed by atoms with van der Waals surface area (Å²) < 4.78 is 1.58. The maximum absolute atomic E-state index is 11.0. The van der Waals surface area contributed by atoms with Gasteiger partial charge in [0, 0.05) is 10.0 Å². The van der Waals surface area contributed by atoms with Gasteiger partial charge in [-0.2, -0.15) is 0 Å². The summed E-state index contributed by atoms with van der Waals surface area (Å²) in [6.07, 6.45) is 0. The first-order chi connectivity index (χ1) is 5.54. The molecule has 0 aliphatic rings. The Kier molecular flexibility index (Phi) is 2.90. The lowest BCUT2D eigenvalue weighted by Gasteiger charge is -2.05. The smallest absolute Gasteiger partial charge is 0.161 e. The number of ketones is 1. The zero-order valence-corrected chi connectivity index (χ0v) is 9.57. The number of Topliss-reactive ketones (excluding diaryl/α,β-unsaturated/α-hetero) is 1. The van der Waals surface area contributed by atoms with Gasteiger partial charge in [0.15, 0.2) is 5.78 Å². The van der Waals surface area contributed by atoms with Gasteiger partial charge >= 0.3 is 0 Å². The molecular formula is C8H7Br2NO. The average Bonchev–Trinajstić information content (AvgIpc) is 2.00. The molecule has 0 amide bonds. The Bertz CT molecular complexity index is 336. The zero-order valence-electron chi connectivity index (χ0n) is 6.40. The van der Waals surface area contributed by atoms with E-state index in [0.717, 1.165) is 8.95 Å². The molecule has 0 aliphatic heterocycles. The van der Waals surface area contributed by atoms with E-state index in [1.807, 2.05) is 0 Å². The second-order valence-corrected chi connectivity index (χ2v) is 4.03. The Morgan fingerprint density at radius 3 is 2.50 bits per heavy atom. The SMILES string of the molecule is CC(=O)c1ccc(Br)c(Br)c1N. The van der Waals surface area contributed by atoms with Gasteiger partial charge in [-0.15, -0.1) is 0 Å². The third-order valence-corrected chi connectivity index (χ3v) is 3.56. The summed E-state index contributed by atoms with van der Waals surface area (Å²) >= 11 is 6.57. The van der Waals surface area contributed by atoms with Crippen molar-refractivity contribution in [3.05, 3.63) is 26.6 Å². The van der Waals surface area contributed by atoms with E-state index in [4.69, 9.17) is 5.73 Å². The van der Waals surface area contributed by atoms with Crippen molar-refractivity contribution in [2.45, 2.75) is 6.92 Å². The lowest BCUT2D eigenvalue weighted by atomic mass is 10.1. The minimum atomic E-state index is -0.0271. The molecule has 0 fully saturated rings. The molecule has 0 bridgehead atoms. The fourth-order valence-corrected chi connectivity index (χ4v) is 1.56. The van der Waals surface area contributed by atoms with Crippen molar-refractivity contribution in [1.29, 1.82) is 0 Å². The molecule has 0 aromatic heterocycles. The third-order valence-electron chi connectivity index (χ3n) is 1.51. The van der Waals surface area contributed by atoms with Crippen molar-refractivity contribution in [3.8, 4) is 0 Å². The number of carbonyl (C=O) groups is 1. The first-order valence-electron chi connectivity index (χ1n) is 3.28. The zero-order chi connectivity index (χ0) is 9.30. The van der Waals surface area contributed by atoms with E-state index in [2.05, 4.69) is 31.9 Å². The number of hydrogen-bond acceptors (Lipinski definition) is 2. The molecule has 0 radical (unpaired) electrons. The maximum atomic E-state index is 11.0. The van der Waals surface area contributed by atoms with Crippen LogP contribution in [0.2, 0.25) is 0 Å². The number of carbonyl (C=O) groups excluding carboxylic acids is 1. The van der Waals surface area contributed by atoms with Crippen LogP contribution >= 0.6 is 31.9 Å². The molecule has 0 unspecified atom stereocenters. The fourth-order valence-electron chi connectivity index (χ4n) is 0.873. The van der Waals surface area contributed by atoms with Gasteiger partial charge in [0.2, 0.25) is 0 Å². The van der Waals surface area contributed by atoms with E-state index in [-0.39, 0.29) is 5.78 Å². The molecule has 1 aromatic carbocycles. The Morgan fingerprint density at radius 1 is 1.42 bits per heavy atom. The summed E-state index contributed by atoms with van der Waals surface area (Å²) in [5, 5.41) is 0. The fraction of sp³-hybridized carbons (Fsp3) is 0.125. The second-order valence-electron chi connectivity index (χ2n) is 2.38. The van der Waals surface area contributed by atoms with E-state index in [9.17, 15) is 4.79 Å². The minimum Gasteiger partial charge on any atom is -0.397 e. The summed E-state index contributed by atoms with van der Waals surface area (Å²) in [4.78, 5) is 11.0. The van der Waals surface area contributed by atoms with Crippen LogP contribution in [0.1, 0.15) is 17.3 Å². The minimum absolute atomic E-state index is 0.0271. The van der Waals surface area contributed by atoms with Gasteiger partial charge in [-0.3, -0.25) is 4.79 Å². The molecule has 0 heterocycles. The topological polar surface area (TPSA) is 43.1 Å². The van der Waals surface area contributed by atoms with Crippen molar-refractivity contribution in [1.82, 2.24) is 0 Å².